The maximum Gasteiger partial charge on any atom is 0.407 e. The molecule has 33 heavy (non-hydrogen) atoms. The van der Waals surface area contributed by atoms with Crippen LogP contribution in [0.4, 0.5) is 4.79 Å². The number of hydrogen-bond donors (Lipinski definition) is 2. The third kappa shape index (κ3) is 4.03. The van der Waals surface area contributed by atoms with E-state index in [1.54, 1.807) is 6.20 Å². The quantitative estimate of drug-likeness (QED) is 0.453. The number of aliphatic carboxylic acids is 1. The minimum Gasteiger partial charge on any atom is -0.480 e. The fourth-order valence-electron chi connectivity index (χ4n) is 4.52. The Kier molecular flexibility index (Phi) is 5.48. The van der Waals surface area contributed by atoms with Gasteiger partial charge in [0.05, 0.1) is 5.69 Å². The van der Waals surface area contributed by atoms with Gasteiger partial charge in [-0.2, -0.15) is 0 Å². The van der Waals surface area contributed by atoms with Crippen LogP contribution >= 0.6 is 0 Å². The Morgan fingerprint density at radius 3 is 2.24 bits per heavy atom. The van der Waals surface area contributed by atoms with Gasteiger partial charge in [0.25, 0.3) is 0 Å². The summed E-state index contributed by atoms with van der Waals surface area (Å²) in [5.41, 5.74) is 5.07. The van der Waals surface area contributed by atoms with Crippen molar-refractivity contribution in [3.05, 3.63) is 102 Å². The Labute approximate surface area is 190 Å². The number of carbonyl (C=O) groups is 2. The van der Waals surface area contributed by atoms with Crippen LogP contribution in [0.3, 0.4) is 0 Å². The number of nitrogens with one attached hydrogen (secondary N) is 1. The standard InChI is InChI=1S/C27H22N2O4/c30-26(31)25(15-24-18-8-2-1-7-17(18)13-14-28-24)29-27(32)33-16-23-21-11-5-3-9-19(21)20-10-4-6-12-22(20)23/h1-14,23,25H,15-16H2,(H,29,32)(H,30,31)/t25-/m1/s1. The van der Waals surface area contributed by atoms with Gasteiger partial charge in [-0.1, -0.05) is 72.8 Å². The molecule has 4 aromatic rings. The van der Waals surface area contributed by atoms with E-state index in [4.69, 9.17) is 4.74 Å². The predicted molar refractivity (Wildman–Crippen MR) is 125 cm³/mol. The number of ether oxygens (including phenoxy) is 1. The number of benzene rings is 3. The number of amides is 1. The first-order valence-corrected chi connectivity index (χ1v) is 10.8. The highest BCUT2D eigenvalue weighted by Gasteiger charge is 2.30. The first kappa shape index (κ1) is 20.7. The number of hydrogen-bond acceptors (Lipinski definition) is 4. The molecule has 1 aromatic heterocycles. The van der Waals surface area contributed by atoms with Gasteiger partial charge in [0.1, 0.15) is 12.6 Å². The summed E-state index contributed by atoms with van der Waals surface area (Å²) in [4.78, 5) is 28.8. The van der Waals surface area contributed by atoms with Crippen LogP contribution in [0, 0.1) is 0 Å². The van der Waals surface area contributed by atoms with Crippen LogP contribution in [0.1, 0.15) is 22.7 Å². The molecule has 0 aliphatic heterocycles. The molecule has 0 saturated heterocycles. The van der Waals surface area contributed by atoms with E-state index in [-0.39, 0.29) is 18.9 Å². The highest BCUT2D eigenvalue weighted by atomic mass is 16.5. The molecule has 1 aliphatic carbocycles. The summed E-state index contributed by atoms with van der Waals surface area (Å²) >= 11 is 0. The van der Waals surface area contributed by atoms with Gasteiger partial charge in [-0.05, 0) is 33.7 Å². The zero-order valence-corrected chi connectivity index (χ0v) is 17.8. The second kappa shape index (κ2) is 8.74. The lowest BCUT2D eigenvalue weighted by Crippen LogP contribution is -2.43. The molecule has 0 radical (unpaired) electrons. The molecule has 0 fully saturated rings. The van der Waals surface area contributed by atoms with Crippen molar-refractivity contribution in [2.75, 3.05) is 6.61 Å². The van der Waals surface area contributed by atoms with Gasteiger partial charge in [0.2, 0.25) is 0 Å². The third-order valence-electron chi connectivity index (χ3n) is 6.09. The molecule has 0 bridgehead atoms. The number of carbonyl (C=O) groups excluding carboxylic acids is 1. The van der Waals surface area contributed by atoms with Crippen molar-refractivity contribution in [2.24, 2.45) is 0 Å². The molecule has 1 aliphatic rings. The van der Waals surface area contributed by atoms with Crippen molar-refractivity contribution in [2.45, 2.75) is 18.4 Å². The number of rotatable bonds is 6. The minimum atomic E-state index is -1.15. The Morgan fingerprint density at radius 1 is 0.909 bits per heavy atom. The summed E-state index contributed by atoms with van der Waals surface area (Å²) in [5, 5.41) is 14.0. The van der Waals surface area contributed by atoms with E-state index >= 15 is 0 Å². The lowest BCUT2D eigenvalue weighted by atomic mass is 9.98. The van der Waals surface area contributed by atoms with Gasteiger partial charge in [-0.3, -0.25) is 4.98 Å². The molecule has 0 saturated carbocycles. The van der Waals surface area contributed by atoms with Gasteiger partial charge in [-0.15, -0.1) is 0 Å². The summed E-state index contributed by atoms with van der Waals surface area (Å²) in [7, 11) is 0. The maximum atomic E-state index is 12.6. The minimum absolute atomic E-state index is 0.0564. The van der Waals surface area contributed by atoms with E-state index in [0.29, 0.717) is 5.69 Å². The van der Waals surface area contributed by atoms with Crippen molar-refractivity contribution < 1.29 is 19.4 Å². The topological polar surface area (TPSA) is 88.5 Å². The fourth-order valence-corrected chi connectivity index (χ4v) is 4.52. The summed E-state index contributed by atoms with van der Waals surface area (Å²) < 4.78 is 5.51. The average molecular weight is 438 g/mol. The molecule has 0 spiro atoms. The molecule has 5 rings (SSSR count). The number of carboxylic acid groups (broad SMARTS) is 1. The first-order chi connectivity index (χ1) is 16.1. The Hall–Kier alpha value is -4.19. The normalized spacial score (nSPS) is 13.2. The van der Waals surface area contributed by atoms with Crippen molar-refractivity contribution in [3.8, 4) is 11.1 Å². The molecule has 1 heterocycles. The van der Waals surface area contributed by atoms with E-state index in [2.05, 4.69) is 22.4 Å². The zero-order chi connectivity index (χ0) is 22.8. The SMILES string of the molecule is O=C(N[C@H](Cc1nccc2ccccc12)C(=O)O)OCC1c2ccccc2-c2ccccc21. The molecule has 0 unspecified atom stereocenters. The van der Waals surface area contributed by atoms with Gasteiger partial charge in [0.15, 0.2) is 0 Å². The monoisotopic (exact) mass is 438 g/mol. The Morgan fingerprint density at radius 2 is 1.55 bits per heavy atom. The van der Waals surface area contributed by atoms with Crippen molar-refractivity contribution in [1.29, 1.82) is 0 Å². The summed E-state index contributed by atoms with van der Waals surface area (Å²) in [6.07, 6.45) is 0.939. The van der Waals surface area contributed by atoms with E-state index in [1.165, 1.54) is 0 Å². The van der Waals surface area contributed by atoms with E-state index in [1.807, 2.05) is 66.7 Å². The molecule has 3 aromatic carbocycles. The number of carboxylic acids is 1. The van der Waals surface area contributed by atoms with E-state index < -0.39 is 18.1 Å². The molecule has 6 nitrogen and oxygen atoms in total. The van der Waals surface area contributed by atoms with Crippen LogP contribution in [-0.2, 0) is 16.0 Å². The first-order valence-electron chi connectivity index (χ1n) is 10.8. The van der Waals surface area contributed by atoms with Crippen molar-refractivity contribution in [3.63, 3.8) is 0 Å². The molecule has 1 atom stereocenters. The van der Waals surface area contributed by atoms with Crippen LogP contribution in [0.15, 0.2) is 85.1 Å². The van der Waals surface area contributed by atoms with Gasteiger partial charge in [-0.25, -0.2) is 9.59 Å². The zero-order valence-electron chi connectivity index (χ0n) is 17.8. The van der Waals surface area contributed by atoms with E-state index in [9.17, 15) is 14.7 Å². The van der Waals surface area contributed by atoms with Gasteiger partial charge in [0, 0.05) is 23.9 Å². The molecular weight excluding hydrogens is 416 g/mol. The number of alkyl carbamates (subject to hydrolysis) is 1. The predicted octanol–water partition coefficient (Wildman–Crippen LogP) is 4.77. The molecular formula is C27H22N2O4. The molecule has 6 heteroatoms. The smallest absolute Gasteiger partial charge is 0.407 e. The average Bonchev–Trinajstić information content (AvgIpc) is 3.16. The highest BCUT2D eigenvalue weighted by Crippen LogP contribution is 2.44. The van der Waals surface area contributed by atoms with Crippen molar-refractivity contribution >= 4 is 22.8 Å². The number of fused-ring (bicyclic) bond motifs is 4. The summed E-state index contributed by atoms with van der Waals surface area (Å²) in [6.45, 7) is 0.124. The maximum absolute atomic E-state index is 12.6. The highest BCUT2D eigenvalue weighted by molar-refractivity contribution is 5.86. The lowest BCUT2D eigenvalue weighted by Gasteiger charge is -2.18. The van der Waals surface area contributed by atoms with Crippen LogP contribution in [0.25, 0.3) is 21.9 Å². The second-order valence-electron chi connectivity index (χ2n) is 8.04. The number of pyridine rings is 1. The van der Waals surface area contributed by atoms with Crippen LogP contribution in [-0.4, -0.2) is 34.8 Å². The summed E-state index contributed by atoms with van der Waals surface area (Å²) in [5.74, 6) is -1.23. The van der Waals surface area contributed by atoms with Crippen LogP contribution in [0.5, 0.6) is 0 Å². The molecule has 2 N–H and O–H groups in total. The van der Waals surface area contributed by atoms with E-state index in [0.717, 1.165) is 33.0 Å². The Bertz CT molecular complexity index is 1300. The second-order valence-corrected chi connectivity index (χ2v) is 8.04. The van der Waals surface area contributed by atoms with Crippen molar-refractivity contribution in [1.82, 2.24) is 10.3 Å². The lowest BCUT2D eigenvalue weighted by molar-refractivity contribution is -0.139. The molecule has 164 valence electrons. The number of nitrogens with zero attached hydrogens (tertiary/aromatic N) is 1. The van der Waals surface area contributed by atoms with Gasteiger partial charge < -0.3 is 15.2 Å². The fraction of sp³-hybridized carbons (Fsp3) is 0.148. The molecule has 1 amide bonds. The number of aromatic nitrogens is 1. The third-order valence-corrected chi connectivity index (χ3v) is 6.09. The Balaban J connectivity index is 1.29. The largest absolute Gasteiger partial charge is 0.480 e. The van der Waals surface area contributed by atoms with Gasteiger partial charge >= 0.3 is 12.1 Å². The van der Waals surface area contributed by atoms with Crippen LogP contribution in [0.2, 0.25) is 0 Å². The van der Waals surface area contributed by atoms with Crippen LogP contribution < -0.4 is 5.32 Å². The summed E-state index contributed by atoms with van der Waals surface area (Å²) in [6, 6.07) is 24.4.